The third kappa shape index (κ3) is 5.57. The van der Waals surface area contributed by atoms with Crippen LogP contribution in [0.25, 0.3) is 11.1 Å². The van der Waals surface area contributed by atoms with Crippen LogP contribution in [-0.2, 0) is 9.84 Å². The first kappa shape index (κ1) is 21.3. The second kappa shape index (κ2) is 8.15. The van der Waals surface area contributed by atoms with Crippen molar-refractivity contribution in [3.05, 3.63) is 72.6 Å². The minimum absolute atomic E-state index is 0.000929. The van der Waals surface area contributed by atoms with Gasteiger partial charge in [-0.15, -0.1) is 13.2 Å². The third-order valence-electron chi connectivity index (χ3n) is 3.94. The third-order valence-corrected chi connectivity index (χ3v) is 5.04. The van der Waals surface area contributed by atoms with Gasteiger partial charge in [0.05, 0.1) is 4.90 Å². The highest BCUT2D eigenvalue weighted by molar-refractivity contribution is 7.90. The van der Waals surface area contributed by atoms with E-state index in [-0.39, 0.29) is 16.3 Å². The molecule has 30 heavy (non-hydrogen) atoms. The van der Waals surface area contributed by atoms with E-state index in [4.69, 9.17) is 0 Å². The standard InChI is InChI=1S/C20H15F3N2O4S/c1-30(27,28)17-9-10-18(24-12-17)19(26)25-15-4-2-3-14(11-15)13-5-7-16(8-6-13)29-20(21,22)23/h2-12H,1H3,(H,25,26). The summed E-state index contributed by atoms with van der Waals surface area (Å²) in [6.07, 6.45) is -2.62. The fraction of sp³-hybridized carbons (Fsp3) is 0.100. The molecule has 1 N–H and O–H groups in total. The molecular formula is C20H15F3N2O4S. The molecule has 2 aromatic carbocycles. The van der Waals surface area contributed by atoms with Crippen molar-refractivity contribution in [1.29, 1.82) is 0 Å². The summed E-state index contributed by atoms with van der Waals surface area (Å²) in [5.74, 6) is -0.875. The molecule has 10 heteroatoms. The van der Waals surface area contributed by atoms with Crippen molar-refractivity contribution < 1.29 is 31.1 Å². The Morgan fingerprint density at radius 2 is 1.70 bits per heavy atom. The van der Waals surface area contributed by atoms with Crippen LogP contribution in [-0.4, -0.2) is 31.9 Å². The quantitative estimate of drug-likeness (QED) is 0.645. The smallest absolute Gasteiger partial charge is 0.406 e. The second-order valence-corrected chi connectivity index (χ2v) is 8.27. The minimum Gasteiger partial charge on any atom is -0.406 e. The predicted molar refractivity (Wildman–Crippen MR) is 104 cm³/mol. The Morgan fingerprint density at radius 1 is 1.00 bits per heavy atom. The predicted octanol–water partition coefficient (Wildman–Crippen LogP) is 4.30. The Hall–Kier alpha value is -3.40. The van der Waals surface area contributed by atoms with E-state index in [0.29, 0.717) is 16.8 Å². The van der Waals surface area contributed by atoms with Gasteiger partial charge in [0.25, 0.3) is 5.91 Å². The molecule has 0 saturated carbocycles. The maximum atomic E-state index is 12.4. The topological polar surface area (TPSA) is 85.4 Å². The maximum absolute atomic E-state index is 12.4. The Kier molecular flexibility index (Phi) is 5.79. The lowest BCUT2D eigenvalue weighted by Gasteiger charge is -2.10. The van der Waals surface area contributed by atoms with Crippen LogP contribution >= 0.6 is 0 Å². The second-order valence-electron chi connectivity index (χ2n) is 6.26. The number of aromatic nitrogens is 1. The van der Waals surface area contributed by atoms with Gasteiger partial charge in [0.2, 0.25) is 0 Å². The van der Waals surface area contributed by atoms with E-state index < -0.39 is 22.1 Å². The van der Waals surface area contributed by atoms with Gasteiger partial charge in [-0.05, 0) is 47.5 Å². The number of amides is 1. The van der Waals surface area contributed by atoms with Gasteiger partial charge >= 0.3 is 6.36 Å². The van der Waals surface area contributed by atoms with Gasteiger partial charge in [-0.2, -0.15) is 0 Å². The number of nitrogens with zero attached hydrogens (tertiary/aromatic N) is 1. The van der Waals surface area contributed by atoms with Crippen LogP contribution in [0, 0.1) is 0 Å². The zero-order valence-electron chi connectivity index (χ0n) is 15.5. The number of carbonyl (C=O) groups excluding carboxylic acids is 1. The lowest BCUT2D eigenvalue weighted by atomic mass is 10.0. The van der Waals surface area contributed by atoms with Gasteiger partial charge in [-0.1, -0.05) is 24.3 Å². The number of hydrogen-bond acceptors (Lipinski definition) is 5. The number of nitrogens with one attached hydrogen (secondary N) is 1. The molecule has 0 radical (unpaired) electrons. The number of benzene rings is 2. The van der Waals surface area contributed by atoms with E-state index in [2.05, 4.69) is 15.0 Å². The number of rotatable bonds is 5. The first-order valence-corrected chi connectivity index (χ1v) is 10.3. The number of alkyl halides is 3. The van der Waals surface area contributed by atoms with E-state index in [1.807, 2.05) is 0 Å². The number of carbonyl (C=O) groups is 1. The molecule has 0 bridgehead atoms. The number of ether oxygens (including phenoxy) is 1. The molecule has 1 heterocycles. The van der Waals surface area contributed by atoms with Crippen molar-refractivity contribution in [2.75, 3.05) is 11.6 Å². The van der Waals surface area contributed by atoms with Crippen molar-refractivity contribution in [3.8, 4) is 16.9 Å². The lowest BCUT2D eigenvalue weighted by molar-refractivity contribution is -0.274. The summed E-state index contributed by atoms with van der Waals surface area (Å²) < 4.78 is 63.6. The van der Waals surface area contributed by atoms with E-state index in [9.17, 15) is 26.4 Å². The summed E-state index contributed by atoms with van der Waals surface area (Å²) in [5.41, 5.74) is 1.74. The summed E-state index contributed by atoms with van der Waals surface area (Å²) in [5, 5.41) is 2.64. The Bertz CT molecular complexity index is 1160. The van der Waals surface area contributed by atoms with Crippen LogP contribution in [0.2, 0.25) is 0 Å². The van der Waals surface area contributed by atoms with Crippen LogP contribution in [0.15, 0.2) is 71.8 Å². The van der Waals surface area contributed by atoms with Crippen LogP contribution in [0.3, 0.4) is 0 Å². The molecule has 6 nitrogen and oxygen atoms in total. The first-order chi connectivity index (χ1) is 14.0. The average Bonchev–Trinajstić information content (AvgIpc) is 2.67. The van der Waals surface area contributed by atoms with E-state index in [1.54, 1.807) is 24.3 Å². The molecule has 0 saturated heterocycles. The van der Waals surface area contributed by atoms with Crippen LogP contribution < -0.4 is 10.1 Å². The average molecular weight is 436 g/mol. The summed E-state index contributed by atoms with van der Waals surface area (Å²) >= 11 is 0. The molecule has 0 aliphatic heterocycles. The number of sulfone groups is 1. The molecule has 0 unspecified atom stereocenters. The molecule has 156 valence electrons. The van der Waals surface area contributed by atoms with Crippen molar-refractivity contribution in [3.63, 3.8) is 0 Å². The zero-order valence-corrected chi connectivity index (χ0v) is 16.3. The molecule has 3 aromatic rings. The highest BCUT2D eigenvalue weighted by atomic mass is 32.2. The normalized spacial score (nSPS) is 11.7. The summed E-state index contributed by atoms with van der Waals surface area (Å²) in [6.45, 7) is 0. The molecular weight excluding hydrogens is 421 g/mol. The van der Waals surface area contributed by atoms with Gasteiger partial charge in [0.1, 0.15) is 11.4 Å². The van der Waals surface area contributed by atoms with Gasteiger partial charge in [-0.3, -0.25) is 4.79 Å². The monoisotopic (exact) mass is 436 g/mol. The molecule has 1 aromatic heterocycles. The maximum Gasteiger partial charge on any atom is 0.573 e. The summed E-state index contributed by atoms with van der Waals surface area (Å²) in [6, 6.07) is 14.6. The number of halogens is 3. The SMILES string of the molecule is CS(=O)(=O)c1ccc(C(=O)Nc2cccc(-c3ccc(OC(F)(F)F)cc3)c2)nc1. The molecule has 0 aliphatic rings. The van der Waals surface area contributed by atoms with E-state index >= 15 is 0 Å². The zero-order chi connectivity index (χ0) is 21.9. The van der Waals surface area contributed by atoms with Crippen LogP contribution in [0.1, 0.15) is 10.5 Å². The molecule has 0 aliphatic carbocycles. The molecule has 0 spiro atoms. The highest BCUT2D eigenvalue weighted by Gasteiger charge is 2.30. The van der Waals surface area contributed by atoms with E-state index in [1.165, 1.54) is 36.4 Å². The Morgan fingerprint density at radius 3 is 2.27 bits per heavy atom. The fourth-order valence-electron chi connectivity index (χ4n) is 2.55. The number of pyridine rings is 1. The Balaban J connectivity index is 1.74. The van der Waals surface area contributed by atoms with Crippen LogP contribution in [0.4, 0.5) is 18.9 Å². The number of hydrogen-bond donors (Lipinski definition) is 1. The van der Waals surface area contributed by atoms with Crippen molar-refractivity contribution in [1.82, 2.24) is 4.98 Å². The highest BCUT2D eigenvalue weighted by Crippen LogP contribution is 2.28. The van der Waals surface area contributed by atoms with Gasteiger partial charge < -0.3 is 10.1 Å². The molecule has 3 rings (SSSR count). The number of anilines is 1. The van der Waals surface area contributed by atoms with Crippen molar-refractivity contribution in [2.24, 2.45) is 0 Å². The summed E-state index contributed by atoms with van der Waals surface area (Å²) in [7, 11) is -3.42. The molecule has 0 atom stereocenters. The largest absolute Gasteiger partial charge is 0.573 e. The molecule has 0 fully saturated rings. The van der Waals surface area contributed by atoms with Gasteiger partial charge in [0.15, 0.2) is 9.84 Å². The first-order valence-electron chi connectivity index (χ1n) is 8.45. The van der Waals surface area contributed by atoms with Crippen molar-refractivity contribution in [2.45, 2.75) is 11.3 Å². The van der Waals surface area contributed by atoms with Gasteiger partial charge in [0, 0.05) is 18.1 Å². The van der Waals surface area contributed by atoms with Crippen molar-refractivity contribution >= 4 is 21.4 Å². The fourth-order valence-corrected chi connectivity index (χ4v) is 3.11. The summed E-state index contributed by atoms with van der Waals surface area (Å²) in [4.78, 5) is 16.2. The van der Waals surface area contributed by atoms with E-state index in [0.717, 1.165) is 12.5 Å². The lowest BCUT2D eigenvalue weighted by Crippen LogP contribution is -2.16. The van der Waals surface area contributed by atoms with Crippen LogP contribution in [0.5, 0.6) is 5.75 Å². The van der Waals surface area contributed by atoms with Gasteiger partial charge in [-0.25, -0.2) is 13.4 Å². The molecule has 1 amide bonds. The minimum atomic E-state index is -4.76. The Labute approximate surface area is 170 Å².